The molecule has 1 saturated heterocycles. The molecule has 3 amide bonds. The summed E-state index contributed by atoms with van der Waals surface area (Å²) in [5, 5.41) is 5.89. The van der Waals surface area contributed by atoms with Crippen LogP contribution in [0.4, 0.5) is 4.79 Å². The highest BCUT2D eigenvalue weighted by Crippen LogP contribution is 2.21. The van der Waals surface area contributed by atoms with Crippen molar-refractivity contribution < 1.29 is 9.59 Å². The number of benzene rings is 1. The molecule has 1 aliphatic heterocycles. The third kappa shape index (κ3) is 3.36. The topological polar surface area (TPSA) is 61.4 Å². The van der Waals surface area contributed by atoms with E-state index >= 15 is 0 Å². The molecule has 2 N–H and O–H groups in total. The Kier molecular flexibility index (Phi) is 4.74. The minimum atomic E-state index is -0.294. The number of urea groups is 1. The van der Waals surface area contributed by atoms with E-state index < -0.39 is 0 Å². The number of carbonyl (C=O) groups excluding carboxylic acids is 2. The molecule has 1 atom stereocenters. The second kappa shape index (κ2) is 6.52. The van der Waals surface area contributed by atoms with E-state index in [1.165, 1.54) is 4.90 Å². The average Bonchev–Trinajstić information content (AvgIpc) is 2.86. The van der Waals surface area contributed by atoms with Crippen LogP contribution in [-0.2, 0) is 4.79 Å². The smallest absolute Gasteiger partial charge is 0.324 e. The molecule has 1 fully saturated rings. The van der Waals surface area contributed by atoms with Crippen molar-refractivity contribution in [2.75, 3.05) is 19.6 Å². The first-order valence-electron chi connectivity index (χ1n) is 6.96. The summed E-state index contributed by atoms with van der Waals surface area (Å²) in [6.07, 6.45) is 0. The molecule has 20 heavy (non-hydrogen) atoms. The van der Waals surface area contributed by atoms with E-state index in [0.717, 1.165) is 5.56 Å². The van der Waals surface area contributed by atoms with Gasteiger partial charge in [-0.3, -0.25) is 9.69 Å². The van der Waals surface area contributed by atoms with Gasteiger partial charge in [-0.1, -0.05) is 44.2 Å². The molecule has 0 saturated carbocycles. The summed E-state index contributed by atoms with van der Waals surface area (Å²) in [6, 6.07) is 9.85. The van der Waals surface area contributed by atoms with Gasteiger partial charge in [-0.2, -0.15) is 0 Å². The Hall–Kier alpha value is -1.88. The van der Waals surface area contributed by atoms with Gasteiger partial charge in [0, 0.05) is 19.1 Å². The van der Waals surface area contributed by atoms with Gasteiger partial charge in [0.05, 0.1) is 6.54 Å². The summed E-state index contributed by atoms with van der Waals surface area (Å²) in [5.41, 5.74) is 1.15. The van der Waals surface area contributed by atoms with Crippen LogP contribution in [0.2, 0.25) is 0 Å². The molecule has 1 aromatic rings. The van der Waals surface area contributed by atoms with Gasteiger partial charge < -0.3 is 10.6 Å². The molecule has 0 aromatic heterocycles. The molecule has 0 bridgehead atoms. The van der Waals surface area contributed by atoms with Crippen LogP contribution in [0.15, 0.2) is 30.3 Å². The lowest BCUT2D eigenvalue weighted by molar-refractivity contribution is -0.126. The fourth-order valence-electron chi connectivity index (χ4n) is 2.40. The summed E-state index contributed by atoms with van der Waals surface area (Å²) in [5.74, 6) is 0.180. The Labute approximate surface area is 119 Å². The largest absolute Gasteiger partial charge is 0.336 e. The minimum absolute atomic E-state index is 0.103. The number of hydrogen-bond donors (Lipinski definition) is 2. The van der Waals surface area contributed by atoms with Gasteiger partial charge in [0.1, 0.15) is 0 Å². The molecular weight excluding hydrogens is 254 g/mol. The number of amides is 3. The van der Waals surface area contributed by atoms with Gasteiger partial charge in [-0.25, -0.2) is 4.79 Å². The van der Waals surface area contributed by atoms with Crippen LogP contribution in [0.3, 0.4) is 0 Å². The van der Waals surface area contributed by atoms with E-state index in [1.807, 2.05) is 30.3 Å². The van der Waals surface area contributed by atoms with E-state index in [0.29, 0.717) is 19.0 Å². The van der Waals surface area contributed by atoms with Crippen molar-refractivity contribution in [3.63, 3.8) is 0 Å². The molecule has 1 heterocycles. The molecule has 0 unspecified atom stereocenters. The second-order valence-corrected chi connectivity index (χ2v) is 5.29. The van der Waals surface area contributed by atoms with Gasteiger partial charge >= 0.3 is 6.03 Å². The summed E-state index contributed by atoms with van der Waals surface area (Å²) in [4.78, 5) is 24.7. The quantitative estimate of drug-likeness (QED) is 0.856. The van der Waals surface area contributed by atoms with Crippen LogP contribution in [0.1, 0.15) is 25.5 Å². The van der Waals surface area contributed by atoms with E-state index in [1.54, 1.807) is 0 Å². The first-order valence-corrected chi connectivity index (χ1v) is 6.96. The number of hydrogen-bond acceptors (Lipinski definition) is 3. The Bertz CT molecular complexity index is 473. The predicted molar refractivity (Wildman–Crippen MR) is 77.1 cm³/mol. The van der Waals surface area contributed by atoms with Crippen molar-refractivity contribution in [2.24, 2.45) is 5.92 Å². The highest BCUT2D eigenvalue weighted by Gasteiger charge is 2.26. The second-order valence-electron chi connectivity index (χ2n) is 5.29. The monoisotopic (exact) mass is 275 g/mol. The van der Waals surface area contributed by atoms with Crippen molar-refractivity contribution in [3.05, 3.63) is 35.9 Å². The first-order chi connectivity index (χ1) is 9.59. The summed E-state index contributed by atoms with van der Waals surface area (Å²) < 4.78 is 0. The molecule has 108 valence electrons. The normalized spacial score (nSPS) is 16.4. The van der Waals surface area contributed by atoms with Crippen molar-refractivity contribution >= 4 is 11.9 Å². The van der Waals surface area contributed by atoms with Crippen LogP contribution in [0, 0.1) is 5.92 Å². The van der Waals surface area contributed by atoms with Gasteiger partial charge in [-0.15, -0.1) is 0 Å². The molecule has 0 radical (unpaired) electrons. The highest BCUT2D eigenvalue weighted by molar-refractivity contribution is 5.96. The van der Waals surface area contributed by atoms with E-state index in [4.69, 9.17) is 0 Å². The van der Waals surface area contributed by atoms with E-state index in [2.05, 4.69) is 24.5 Å². The van der Waals surface area contributed by atoms with Gasteiger partial charge in [-0.05, 0) is 11.5 Å². The lowest BCUT2D eigenvalue weighted by Crippen LogP contribution is -2.41. The Morgan fingerprint density at radius 2 is 2.05 bits per heavy atom. The number of nitrogens with one attached hydrogen (secondary N) is 2. The molecule has 5 heteroatoms. The predicted octanol–water partition coefficient (Wildman–Crippen LogP) is 1.53. The van der Waals surface area contributed by atoms with Crippen molar-refractivity contribution in [3.8, 4) is 0 Å². The van der Waals surface area contributed by atoms with Crippen LogP contribution < -0.4 is 10.6 Å². The van der Waals surface area contributed by atoms with E-state index in [9.17, 15) is 9.59 Å². The SMILES string of the molecule is CC(C)[C@H](NCC(=O)N1CCNC1=O)c1ccccc1. The third-order valence-electron chi connectivity index (χ3n) is 3.46. The number of imide groups is 1. The summed E-state index contributed by atoms with van der Waals surface area (Å²) >= 11 is 0. The summed E-state index contributed by atoms with van der Waals surface area (Å²) in [6.45, 7) is 5.38. The molecule has 1 aromatic carbocycles. The third-order valence-corrected chi connectivity index (χ3v) is 3.46. The molecular formula is C15H21N3O2. The Balaban J connectivity index is 1.96. The van der Waals surface area contributed by atoms with E-state index in [-0.39, 0.29) is 24.5 Å². The summed E-state index contributed by atoms with van der Waals surface area (Å²) in [7, 11) is 0. The van der Waals surface area contributed by atoms with Crippen LogP contribution in [-0.4, -0.2) is 36.5 Å². The maximum atomic E-state index is 12.0. The molecule has 5 nitrogen and oxygen atoms in total. The molecule has 0 aliphatic carbocycles. The Morgan fingerprint density at radius 3 is 2.60 bits per heavy atom. The Morgan fingerprint density at radius 1 is 1.35 bits per heavy atom. The van der Waals surface area contributed by atoms with Crippen molar-refractivity contribution in [2.45, 2.75) is 19.9 Å². The van der Waals surface area contributed by atoms with Gasteiger partial charge in [0.15, 0.2) is 0 Å². The highest BCUT2D eigenvalue weighted by atomic mass is 16.2. The van der Waals surface area contributed by atoms with Crippen LogP contribution >= 0.6 is 0 Å². The fraction of sp³-hybridized carbons (Fsp3) is 0.467. The first kappa shape index (κ1) is 14.5. The molecule has 0 spiro atoms. The molecule has 2 rings (SSSR count). The molecule has 1 aliphatic rings. The fourth-order valence-corrected chi connectivity index (χ4v) is 2.40. The van der Waals surface area contributed by atoms with Gasteiger partial charge in [0.25, 0.3) is 0 Å². The number of carbonyl (C=O) groups is 2. The number of rotatable bonds is 5. The average molecular weight is 275 g/mol. The van der Waals surface area contributed by atoms with Crippen LogP contribution in [0.5, 0.6) is 0 Å². The lowest BCUT2D eigenvalue weighted by Gasteiger charge is -2.23. The van der Waals surface area contributed by atoms with Gasteiger partial charge in [0.2, 0.25) is 5.91 Å². The van der Waals surface area contributed by atoms with Crippen molar-refractivity contribution in [1.29, 1.82) is 0 Å². The zero-order chi connectivity index (χ0) is 14.5. The maximum Gasteiger partial charge on any atom is 0.324 e. The number of nitrogens with zero attached hydrogens (tertiary/aromatic N) is 1. The standard InChI is InChI=1S/C15H21N3O2/c1-11(2)14(12-6-4-3-5-7-12)17-10-13(19)18-9-8-16-15(18)20/h3-7,11,14,17H,8-10H2,1-2H3,(H,16,20)/t14-/m0/s1. The zero-order valence-corrected chi connectivity index (χ0v) is 11.9. The van der Waals surface area contributed by atoms with Crippen molar-refractivity contribution in [1.82, 2.24) is 15.5 Å². The van der Waals surface area contributed by atoms with Crippen LogP contribution in [0.25, 0.3) is 0 Å². The maximum absolute atomic E-state index is 12.0. The zero-order valence-electron chi connectivity index (χ0n) is 11.9. The minimum Gasteiger partial charge on any atom is -0.336 e. The lowest BCUT2D eigenvalue weighted by atomic mass is 9.96.